The molecule has 2 saturated heterocycles. The third-order valence-corrected chi connectivity index (χ3v) is 5.14. The number of benzene rings is 1. The Balaban J connectivity index is 1.53. The molecule has 1 aromatic rings. The second-order valence-electron chi connectivity index (χ2n) is 6.57. The highest BCUT2D eigenvalue weighted by molar-refractivity contribution is 6.32. The molecule has 0 spiro atoms. The zero-order chi connectivity index (χ0) is 18.7. The molecule has 3 unspecified atom stereocenters. The number of carbonyl (C=O) groups excluding carboxylic acids is 1. The van der Waals surface area contributed by atoms with Crippen molar-refractivity contribution in [3.8, 4) is 11.8 Å². The molecule has 138 valence electrons. The number of amides is 1. The number of nitrogens with one attached hydrogen (secondary N) is 1. The molecule has 2 N–H and O–H groups in total. The van der Waals surface area contributed by atoms with Gasteiger partial charge in [-0.3, -0.25) is 10.1 Å². The van der Waals surface area contributed by atoms with Crippen LogP contribution in [0.4, 0.5) is 0 Å². The molecule has 0 bridgehead atoms. The highest BCUT2D eigenvalue weighted by atomic mass is 35.5. The summed E-state index contributed by atoms with van der Waals surface area (Å²) in [4.78, 5) is 25.2. The van der Waals surface area contributed by atoms with Gasteiger partial charge >= 0.3 is 5.97 Å². The minimum Gasteiger partial charge on any atom is -0.490 e. The number of halogens is 1. The summed E-state index contributed by atoms with van der Waals surface area (Å²) < 4.78 is 5.69. The Kier molecular flexibility index (Phi) is 5.64. The Morgan fingerprint density at radius 3 is 2.88 bits per heavy atom. The summed E-state index contributed by atoms with van der Waals surface area (Å²) >= 11 is 6.06. The Morgan fingerprint density at radius 1 is 1.38 bits per heavy atom. The number of carbonyl (C=O) groups is 2. The molecule has 26 heavy (non-hydrogen) atoms. The molecule has 0 aromatic heterocycles. The fraction of sp³-hybridized carbons (Fsp3) is 0.500. The lowest BCUT2D eigenvalue weighted by Crippen LogP contribution is -2.47. The standard InChI is InChI=1S/C18H20ClN3O4/c19-14-8-11(18(24)25)3-6-16(14)26-10-12-4-5-15(21-12)17(23)22-7-1-2-13(22)9-20/h3,6,8,12-13,15,21H,1-2,4-5,7,10H2,(H,24,25). The van der Waals surface area contributed by atoms with Gasteiger partial charge in [-0.15, -0.1) is 0 Å². The number of hydrogen-bond donors (Lipinski definition) is 2. The Hall–Kier alpha value is -2.30. The van der Waals surface area contributed by atoms with E-state index >= 15 is 0 Å². The second kappa shape index (κ2) is 7.94. The van der Waals surface area contributed by atoms with Crippen molar-refractivity contribution in [1.82, 2.24) is 10.2 Å². The van der Waals surface area contributed by atoms with E-state index in [1.165, 1.54) is 18.2 Å². The Bertz CT molecular complexity index is 748. The van der Waals surface area contributed by atoms with Crippen molar-refractivity contribution in [2.45, 2.75) is 43.8 Å². The second-order valence-corrected chi connectivity index (χ2v) is 6.98. The maximum Gasteiger partial charge on any atom is 0.335 e. The highest BCUT2D eigenvalue weighted by Gasteiger charge is 2.36. The lowest BCUT2D eigenvalue weighted by atomic mass is 10.1. The van der Waals surface area contributed by atoms with Crippen molar-refractivity contribution in [1.29, 1.82) is 5.26 Å². The van der Waals surface area contributed by atoms with Gasteiger partial charge in [-0.2, -0.15) is 5.26 Å². The molecular weight excluding hydrogens is 358 g/mol. The summed E-state index contributed by atoms with van der Waals surface area (Å²) in [7, 11) is 0. The van der Waals surface area contributed by atoms with Gasteiger partial charge in [0.2, 0.25) is 5.91 Å². The molecule has 1 amide bonds. The zero-order valence-electron chi connectivity index (χ0n) is 14.2. The van der Waals surface area contributed by atoms with E-state index in [1.807, 2.05) is 0 Å². The van der Waals surface area contributed by atoms with E-state index in [9.17, 15) is 9.59 Å². The number of nitriles is 1. The SMILES string of the molecule is N#CC1CCCN1C(=O)C1CCC(COc2ccc(C(=O)O)cc2Cl)N1. The van der Waals surface area contributed by atoms with E-state index in [0.29, 0.717) is 25.3 Å². The average Bonchev–Trinajstić information content (AvgIpc) is 3.29. The van der Waals surface area contributed by atoms with Crippen LogP contribution in [-0.2, 0) is 4.79 Å². The predicted octanol–water partition coefficient (Wildman–Crippen LogP) is 2.05. The van der Waals surface area contributed by atoms with E-state index in [2.05, 4.69) is 11.4 Å². The molecule has 2 aliphatic heterocycles. The monoisotopic (exact) mass is 377 g/mol. The van der Waals surface area contributed by atoms with Crippen LogP contribution < -0.4 is 10.1 Å². The van der Waals surface area contributed by atoms with Crippen molar-refractivity contribution in [2.24, 2.45) is 0 Å². The van der Waals surface area contributed by atoms with Crippen LogP contribution in [0.3, 0.4) is 0 Å². The molecule has 0 saturated carbocycles. The van der Waals surface area contributed by atoms with Gasteiger partial charge in [-0.25, -0.2) is 4.79 Å². The molecule has 3 atom stereocenters. The van der Waals surface area contributed by atoms with Crippen LogP contribution in [0.15, 0.2) is 18.2 Å². The number of carboxylic acid groups (broad SMARTS) is 1. The first-order valence-electron chi connectivity index (χ1n) is 8.61. The smallest absolute Gasteiger partial charge is 0.335 e. The van der Waals surface area contributed by atoms with E-state index in [4.69, 9.17) is 26.7 Å². The van der Waals surface area contributed by atoms with Crippen LogP contribution in [0.5, 0.6) is 5.75 Å². The van der Waals surface area contributed by atoms with Crippen LogP contribution in [-0.4, -0.2) is 53.2 Å². The molecule has 3 rings (SSSR count). The number of likely N-dealkylation sites (tertiary alicyclic amines) is 1. The number of ether oxygens (including phenoxy) is 1. The van der Waals surface area contributed by atoms with Gasteiger partial charge in [0.05, 0.1) is 22.7 Å². The van der Waals surface area contributed by atoms with Gasteiger partial charge in [0.15, 0.2) is 0 Å². The first-order valence-corrected chi connectivity index (χ1v) is 8.99. The average molecular weight is 378 g/mol. The third kappa shape index (κ3) is 3.92. The number of aromatic carboxylic acids is 1. The topological polar surface area (TPSA) is 103 Å². The van der Waals surface area contributed by atoms with Crippen molar-refractivity contribution in [2.75, 3.05) is 13.2 Å². The molecular formula is C18H20ClN3O4. The lowest BCUT2D eigenvalue weighted by Gasteiger charge is -2.24. The Labute approximate surface area is 156 Å². The lowest BCUT2D eigenvalue weighted by molar-refractivity contribution is -0.133. The molecule has 8 heteroatoms. The maximum absolute atomic E-state index is 12.6. The quantitative estimate of drug-likeness (QED) is 0.814. The van der Waals surface area contributed by atoms with Gasteiger partial charge in [-0.1, -0.05) is 11.6 Å². The molecule has 2 heterocycles. The first-order chi connectivity index (χ1) is 12.5. The molecule has 2 fully saturated rings. The number of carboxylic acids is 1. The normalized spacial score (nSPS) is 25.1. The summed E-state index contributed by atoms with van der Waals surface area (Å²) in [5.41, 5.74) is 0.102. The van der Waals surface area contributed by atoms with Gasteiger partial charge in [0.25, 0.3) is 0 Å². The predicted molar refractivity (Wildman–Crippen MR) is 94.2 cm³/mol. The van der Waals surface area contributed by atoms with Gasteiger partial charge in [0, 0.05) is 12.6 Å². The van der Waals surface area contributed by atoms with Crippen LogP contribution in [0, 0.1) is 11.3 Å². The van der Waals surface area contributed by atoms with Crippen molar-refractivity contribution in [3.63, 3.8) is 0 Å². The fourth-order valence-corrected chi connectivity index (χ4v) is 3.69. The van der Waals surface area contributed by atoms with Gasteiger partial charge in [0.1, 0.15) is 18.4 Å². The van der Waals surface area contributed by atoms with Crippen LogP contribution in [0.25, 0.3) is 0 Å². The third-order valence-electron chi connectivity index (χ3n) is 4.84. The molecule has 0 aliphatic carbocycles. The Morgan fingerprint density at radius 2 is 2.19 bits per heavy atom. The largest absolute Gasteiger partial charge is 0.490 e. The van der Waals surface area contributed by atoms with Crippen LogP contribution in [0.2, 0.25) is 5.02 Å². The minimum absolute atomic E-state index is 0.00213. The number of rotatable bonds is 5. The molecule has 1 aromatic carbocycles. The molecule has 7 nitrogen and oxygen atoms in total. The summed E-state index contributed by atoms with van der Waals surface area (Å²) in [6, 6.07) is 5.91. The summed E-state index contributed by atoms with van der Waals surface area (Å²) in [5, 5.41) is 21.6. The van der Waals surface area contributed by atoms with E-state index in [-0.39, 0.29) is 34.6 Å². The van der Waals surface area contributed by atoms with E-state index in [1.54, 1.807) is 4.90 Å². The number of hydrogen-bond acceptors (Lipinski definition) is 5. The first kappa shape index (κ1) is 18.5. The van der Waals surface area contributed by atoms with Crippen LogP contribution in [0.1, 0.15) is 36.0 Å². The summed E-state index contributed by atoms with van der Waals surface area (Å²) in [6.45, 7) is 0.972. The van der Waals surface area contributed by atoms with Crippen molar-refractivity contribution >= 4 is 23.5 Å². The number of nitrogens with zero attached hydrogens (tertiary/aromatic N) is 2. The zero-order valence-corrected chi connectivity index (χ0v) is 14.9. The minimum atomic E-state index is -1.05. The summed E-state index contributed by atoms with van der Waals surface area (Å²) in [6.07, 6.45) is 3.10. The van der Waals surface area contributed by atoms with Gasteiger partial charge in [-0.05, 0) is 43.9 Å². The molecule has 0 radical (unpaired) electrons. The fourth-order valence-electron chi connectivity index (χ4n) is 3.45. The summed E-state index contributed by atoms with van der Waals surface area (Å²) in [5.74, 6) is -0.646. The highest BCUT2D eigenvalue weighted by Crippen LogP contribution is 2.27. The van der Waals surface area contributed by atoms with Crippen molar-refractivity contribution < 1.29 is 19.4 Å². The van der Waals surface area contributed by atoms with E-state index < -0.39 is 5.97 Å². The van der Waals surface area contributed by atoms with Gasteiger partial charge < -0.3 is 14.7 Å². The maximum atomic E-state index is 12.6. The molecule has 2 aliphatic rings. The van der Waals surface area contributed by atoms with Crippen LogP contribution >= 0.6 is 11.6 Å². The van der Waals surface area contributed by atoms with Crippen molar-refractivity contribution in [3.05, 3.63) is 28.8 Å². The van der Waals surface area contributed by atoms with E-state index in [0.717, 1.165) is 19.3 Å².